The second-order valence-electron chi connectivity index (χ2n) is 4.18. The zero-order chi connectivity index (χ0) is 12.5. The molecule has 5 heteroatoms. The molecule has 0 fully saturated rings. The Labute approximate surface area is 109 Å². The van der Waals surface area contributed by atoms with Crippen molar-refractivity contribution in [3.63, 3.8) is 0 Å². The van der Waals surface area contributed by atoms with E-state index in [1.54, 1.807) is 6.26 Å². The van der Waals surface area contributed by atoms with E-state index < -0.39 is 0 Å². The molecule has 0 saturated carbocycles. The van der Waals surface area contributed by atoms with Crippen LogP contribution in [0.5, 0.6) is 0 Å². The molecule has 0 N–H and O–H groups in total. The SMILES string of the molecule is Cc1cnc2c(c1)nc(CCl)n2Cc1ccco1. The molecule has 92 valence electrons. The van der Waals surface area contributed by atoms with Crippen LogP contribution in [-0.2, 0) is 12.4 Å². The minimum atomic E-state index is 0.357. The molecule has 18 heavy (non-hydrogen) atoms. The van der Waals surface area contributed by atoms with Gasteiger partial charge in [0.2, 0.25) is 0 Å². The van der Waals surface area contributed by atoms with Crippen LogP contribution in [0.15, 0.2) is 35.1 Å². The van der Waals surface area contributed by atoms with Crippen molar-refractivity contribution in [2.24, 2.45) is 0 Å². The number of halogens is 1. The van der Waals surface area contributed by atoms with Gasteiger partial charge in [0, 0.05) is 6.20 Å². The van der Waals surface area contributed by atoms with E-state index in [2.05, 4.69) is 9.97 Å². The lowest BCUT2D eigenvalue weighted by molar-refractivity contribution is 0.493. The lowest BCUT2D eigenvalue weighted by Crippen LogP contribution is -2.03. The second kappa shape index (κ2) is 4.46. The van der Waals surface area contributed by atoms with Gasteiger partial charge in [0.1, 0.15) is 17.1 Å². The number of aromatic nitrogens is 3. The number of fused-ring (bicyclic) bond motifs is 1. The van der Waals surface area contributed by atoms with Crippen molar-refractivity contribution in [2.45, 2.75) is 19.3 Å². The van der Waals surface area contributed by atoms with Crippen molar-refractivity contribution >= 4 is 22.8 Å². The molecule has 3 heterocycles. The zero-order valence-corrected chi connectivity index (χ0v) is 10.7. The molecule has 0 aliphatic carbocycles. The van der Waals surface area contributed by atoms with Crippen molar-refractivity contribution in [3.05, 3.63) is 47.8 Å². The smallest absolute Gasteiger partial charge is 0.160 e. The summed E-state index contributed by atoms with van der Waals surface area (Å²) in [5.41, 5.74) is 2.80. The van der Waals surface area contributed by atoms with Crippen LogP contribution in [0, 0.1) is 6.92 Å². The molecule has 0 spiro atoms. The summed E-state index contributed by atoms with van der Waals surface area (Å²) >= 11 is 5.94. The average molecular weight is 262 g/mol. The molecular weight excluding hydrogens is 250 g/mol. The van der Waals surface area contributed by atoms with Crippen molar-refractivity contribution in [1.29, 1.82) is 0 Å². The standard InChI is InChI=1S/C13H12ClN3O/c1-9-5-11-13(15-7-9)17(12(6-14)16-11)8-10-3-2-4-18-10/h2-5,7H,6,8H2,1H3. The maximum absolute atomic E-state index is 5.94. The first kappa shape index (κ1) is 11.3. The maximum Gasteiger partial charge on any atom is 0.160 e. The van der Waals surface area contributed by atoms with E-state index in [9.17, 15) is 0 Å². The Morgan fingerprint density at radius 1 is 1.44 bits per heavy atom. The fraction of sp³-hybridized carbons (Fsp3) is 0.231. The number of rotatable bonds is 3. The molecule has 0 aromatic carbocycles. The normalized spacial score (nSPS) is 11.2. The quantitative estimate of drug-likeness (QED) is 0.681. The van der Waals surface area contributed by atoms with E-state index >= 15 is 0 Å². The fourth-order valence-electron chi connectivity index (χ4n) is 1.98. The average Bonchev–Trinajstić information content (AvgIpc) is 2.97. The summed E-state index contributed by atoms with van der Waals surface area (Å²) in [6.07, 6.45) is 3.49. The van der Waals surface area contributed by atoms with Crippen LogP contribution in [0.2, 0.25) is 0 Å². The van der Waals surface area contributed by atoms with E-state index in [1.165, 1.54) is 0 Å². The largest absolute Gasteiger partial charge is 0.467 e. The molecule has 0 bridgehead atoms. The molecule has 0 amide bonds. The lowest BCUT2D eigenvalue weighted by Gasteiger charge is -2.04. The second-order valence-corrected chi connectivity index (χ2v) is 4.45. The van der Waals surface area contributed by atoms with E-state index in [1.807, 2.05) is 35.9 Å². The van der Waals surface area contributed by atoms with Gasteiger partial charge in [0.15, 0.2) is 5.65 Å². The summed E-state index contributed by atoms with van der Waals surface area (Å²) in [6, 6.07) is 5.81. The van der Waals surface area contributed by atoms with Gasteiger partial charge in [-0.05, 0) is 30.7 Å². The Balaban J connectivity index is 2.13. The highest BCUT2D eigenvalue weighted by Gasteiger charge is 2.12. The zero-order valence-electron chi connectivity index (χ0n) is 9.93. The van der Waals surface area contributed by atoms with Gasteiger partial charge in [-0.3, -0.25) is 0 Å². The van der Waals surface area contributed by atoms with Gasteiger partial charge >= 0.3 is 0 Å². The highest BCUT2D eigenvalue weighted by Crippen LogP contribution is 2.18. The van der Waals surface area contributed by atoms with Crippen LogP contribution in [0.25, 0.3) is 11.2 Å². The minimum absolute atomic E-state index is 0.357. The predicted molar refractivity (Wildman–Crippen MR) is 69.6 cm³/mol. The van der Waals surface area contributed by atoms with Gasteiger partial charge in [0.25, 0.3) is 0 Å². The monoisotopic (exact) mass is 261 g/mol. The number of pyridine rings is 1. The van der Waals surface area contributed by atoms with Crippen LogP contribution in [0.3, 0.4) is 0 Å². The first-order valence-corrected chi connectivity index (χ1v) is 6.21. The summed E-state index contributed by atoms with van der Waals surface area (Å²) in [4.78, 5) is 8.93. The highest BCUT2D eigenvalue weighted by molar-refractivity contribution is 6.16. The van der Waals surface area contributed by atoms with Gasteiger partial charge in [0.05, 0.1) is 18.7 Å². The summed E-state index contributed by atoms with van der Waals surface area (Å²) < 4.78 is 7.35. The molecule has 3 aromatic heterocycles. The van der Waals surface area contributed by atoms with Crippen LogP contribution >= 0.6 is 11.6 Å². The third-order valence-corrected chi connectivity index (χ3v) is 3.05. The summed E-state index contributed by atoms with van der Waals surface area (Å²) in [6.45, 7) is 2.60. The number of hydrogen-bond acceptors (Lipinski definition) is 3. The molecule has 0 unspecified atom stereocenters. The molecule has 0 aliphatic heterocycles. The van der Waals surface area contributed by atoms with Gasteiger partial charge < -0.3 is 8.98 Å². The van der Waals surface area contributed by atoms with Crippen molar-refractivity contribution in [2.75, 3.05) is 0 Å². The molecule has 3 rings (SSSR count). The lowest BCUT2D eigenvalue weighted by atomic mass is 10.3. The van der Waals surface area contributed by atoms with Crippen molar-refractivity contribution < 1.29 is 4.42 Å². The third-order valence-electron chi connectivity index (χ3n) is 2.81. The first-order valence-electron chi connectivity index (χ1n) is 5.68. The Morgan fingerprint density at radius 2 is 2.33 bits per heavy atom. The highest BCUT2D eigenvalue weighted by atomic mass is 35.5. The molecule has 3 aromatic rings. The summed E-state index contributed by atoms with van der Waals surface area (Å²) in [7, 11) is 0. The minimum Gasteiger partial charge on any atom is -0.467 e. The molecular formula is C13H12ClN3O. The Kier molecular flexibility index (Phi) is 2.80. The maximum atomic E-state index is 5.94. The van der Waals surface area contributed by atoms with Gasteiger partial charge in [-0.2, -0.15) is 0 Å². The van der Waals surface area contributed by atoms with Gasteiger partial charge in [-0.15, -0.1) is 11.6 Å². The number of imidazole rings is 1. The first-order chi connectivity index (χ1) is 8.78. The van der Waals surface area contributed by atoms with Crippen LogP contribution in [0.4, 0.5) is 0 Å². The molecule has 0 saturated heterocycles. The number of alkyl halides is 1. The Hall–Kier alpha value is -1.81. The van der Waals surface area contributed by atoms with E-state index in [0.717, 1.165) is 28.3 Å². The summed E-state index contributed by atoms with van der Waals surface area (Å²) in [5, 5.41) is 0. The fourth-order valence-corrected chi connectivity index (χ4v) is 2.19. The topological polar surface area (TPSA) is 43.9 Å². The van der Waals surface area contributed by atoms with E-state index in [0.29, 0.717) is 12.4 Å². The Morgan fingerprint density at radius 3 is 3.06 bits per heavy atom. The van der Waals surface area contributed by atoms with E-state index in [-0.39, 0.29) is 0 Å². The number of hydrogen-bond donors (Lipinski definition) is 0. The molecule has 4 nitrogen and oxygen atoms in total. The molecule has 0 atom stereocenters. The molecule has 0 radical (unpaired) electrons. The number of aryl methyl sites for hydroxylation is 1. The molecule has 0 aliphatic rings. The van der Waals surface area contributed by atoms with Crippen molar-refractivity contribution in [1.82, 2.24) is 14.5 Å². The van der Waals surface area contributed by atoms with Gasteiger partial charge in [-0.25, -0.2) is 9.97 Å². The number of furan rings is 1. The summed E-state index contributed by atoms with van der Waals surface area (Å²) in [5.74, 6) is 2.03. The third kappa shape index (κ3) is 1.88. The van der Waals surface area contributed by atoms with Gasteiger partial charge in [-0.1, -0.05) is 0 Å². The Bertz CT molecular complexity index is 673. The number of nitrogens with zero attached hydrogens (tertiary/aromatic N) is 3. The van der Waals surface area contributed by atoms with Crippen molar-refractivity contribution in [3.8, 4) is 0 Å². The predicted octanol–water partition coefficient (Wildman–Crippen LogP) is 3.12. The van der Waals surface area contributed by atoms with Crippen LogP contribution < -0.4 is 0 Å². The van der Waals surface area contributed by atoms with Crippen LogP contribution in [0.1, 0.15) is 17.1 Å². The van der Waals surface area contributed by atoms with Crippen LogP contribution in [-0.4, -0.2) is 14.5 Å². The van der Waals surface area contributed by atoms with E-state index in [4.69, 9.17) is 16.0 Å².